The van der Waals surface area contributed by atoms with Crippen LogP contribution < -0.4 is 15.4 Å². The van der Waals surface area contributed by atoms with Crippen molar-refractivity contribution in [1.29, 1.82) is 0 Å². The minimum absolute atomic E-state index is 0.0584. The molecule has 3 rings (SSSR count). The van der Waals surface area contributed by atoms with Gasteiger partial charge in [-0.3, -0.25) is 14.5 Å². The molecule has 0 aliphatic carbocycles. The zero-order chi connectivity index (χ0) is 22.8. The fraction of sp³-hybridized carbons (Fsp3) is 0.667. The van der Waals surface area contributed by atoms with E-state index in [0.29, 0.717) is 38.7 Å². The molecule has 2 aliphatic heterocycles. The molecule has 0 radical (unpaired) electrons. The first-order valence-electron chi connectivity index (χ1n) is 11.8. The predicted molar refractivity (Wildman–Crippen MR) is 123 cm³/mol. The molecular weight excluding hydrogens is 408 g/mol. The summed E-state index contributed by atoms with van der Waals surface area (Å²) in [6, 6.07) is 7.43. The number of hydrogen-bond acceptors (Lipinski definition) is 6. The Bertz CT molecular complexity index is 736. The second-order valence-corrected chi connectivity index (χ2v) is 8.60. The third-order valence-electron chi connectivity index (χ3n) is 6.37. The van der Waals surface area contributed by atoms with Crippen LogP contribution >= 0.6 is 0 Å². The Labute approximate surface area is 191 Å². The minimum Gasteiger partial charge on any atom is -0.494 e. The Kier molecular flexibility index (Phi) is 9.77. The van der Waals surface area contributed by atoms with Gasteiger partial charge in [0.1, 0.15) is 5.75 Å². The Morgan fingerprint density at radius 3 is 2.75 bits per heavy atom. The van der Waals surface area contributed by atoms with Gasteiger partial charge in [-0.1, -0.05) is 18.2 Å². The van der Waals surface area contributed by atoms with Gasteiger partial charge in [-0.2, -0.15) is 0 Å². The van der Waals surface area contributed by atoms with Gasteiger partial charge in [-0.15, -0.1) is 0 Å². The average molecular weight is 447 g/mol. The van der Waals surface area contributed by atoms with Crippen LogP contribution in [0.2, 0.25) is 0 Å². The van der Waals surface area contributed by atoms with E-state index in [1.54, 1.807) is 7.11 Å². The second-order valence-electron chi connectivity index (χ2n) is 8.60. The number of piperazine rings is 1. The maximum Gasteiger partial charge on any atom is 0.237 e. The number of nitrogens with zero attached hydrogens (tertiary/aromatic N) is 2. The van der Waals surface area contributed by atoms with Crippen molar-refractivity contribution in [3.8, 4) is 5.75 Å². The molecule has 2 aliphatic rings. The van der Waals surface area contributed by atoms with Gasteiger partial charge in [0.15, 0.2) is 0 Å². The third kappa shape index (κ3) is 7.18. The molecule has 2 N–H and O–H groups in total. The van der Waals surface area contributed by atoms with Crippen LogP contribution in [0, 0.1) is 5.92 Å². The van der Waals surface area contributed by atoms with Crippen molar-refractivity contribution in [2.24, 2.45) is 5.92 Å². The van der Waals surface area contributed by atoms with Gasteiger partial charge in [-0.05, 0) is 44.8 Å². The molecule has 1 aromatic carbocycles. The Balaban J connectivity index is 1.49. The molecule has 2 fully saturated rings. The molecule has 2 saturated heterocycles. The number of carbonyl (C=O) groups excluding carboxylic acids is 2. The highest BCUT2D eigenvalue weighted by Gasteiger charge is 2.32. The molecule has 8 nitrogen and oxygen atoms in total. The lowest BCUT2D eigenvalue weighted by Gasteiger charge is -2.35. The second kappa shape index (κ2) is 12.8. The van der Waals surface area contributed by atoms with Crippen molar-refractivity contribution in [3.05, 3.63) is 29.8 Å². The van der Waals surface area contributed by atoms with E-state index in [-0.39, 0.29) is 18.2 Å². The number of nitrogens with one attached hydrogen (secondary N) is 2. The lowest BCUT2D eigenvalue weighted by atomic mass is 9.96. The van der Waals surface area contributed by atoms with E-state index in [0.717, 1.165) is 50.4 Å². The molecule has 1 aromatic rings. The number of carbonyl (C=O) groups is 2. The van der Waals surface area contributed by atoms with Crippen LogP contribution in [-0.4, -0.2) is 87.2 Å². The summed E-state index contributed by atoms with van der Waals surface area (Å²) in [5.74, 6) is 1.19. The van der Waals surface area contributed by atoms with Crippen LogP contribution in [-0.2, 0) is 20.9 Å². The summed E-state index contributed by atoms with van der Waals surface area (Å²) in [5.41, 5.74) is 1.04. The quantitative estimate of drug-likeness (QED) is 0.532. The maximum atomic E-state index is 12.7. The average Bonchev–Trinajstić information content (AvgIpc) is 2.80. The molecule has 2 amide bonds. The number of ether oxygens (including phenoxy) is 2. The largest absolute Gasteiger partial charge is 0.494 e. The summed E-state index contributed by atoms with van der Waals surface area (Å²) in [6.07, 6.45) is 2.33. The lowest BCUT2D eigenvalue weighted by molar-refractivity contribution is -0.134. The standard InChI is InChI=1S/C24H38N4O4/c1-3-32-22-7-5-4-6-20(22)18-28-13-10-25-24(30)21(28)16-23(29)26-17-19-8-11-27(12-9-19)14-15-31-2/h4-7,19,21H,3,8-18H2,1-2H3,(H,25,30)(H,26,29). The van der Waals surface area contributed by atoms with Crippen LogP contribution in [0.5, 0.6) is 5.75 Å². The number of likely N-dealkylation sites (tertiary alicyclic amines) is 1. The van der Waals surface area contributed by atoms with E-state index in [9.17, 15) is 9.59 Å². The number of para-hydroxylation sites is 1. The van der Waals surface area contributed by atoms with E-state index < -0.39 is 6.04 Å². The van der Waals surface area contributed by atoms with Crippen LogP contribution in [0.3, 0.4) is 0 Å². The highest BCUT2D eigenvalue weighted by atomic mass is 16.5. The van der Waals surface area contributed by atoms with Crippen LogP contribution in [0.4, 0.5) is 0 Å². The molecule has 1 atom stereocenters. The van der Waals surface area contributed by atoms with E-state index >= 15 is 0 Å². The van der Waals surface area contributed by atoms with Crippen molar-refractivity contribution < 1.29 is 19.1 Å². The van der Waals surface area contributed by atoms with Gasteiger partial charge >= 0.3 is 0 Å². The predicted octanol–water partition coefficient (Wildman–Crippen LogP) is 1.25. The van der Waals surface area contributed by atoms with Gasteiger partial charge in [0.05, 0.1) is 25.7 Å². The molecule has 1 unspecified atom stereocenters. The molecule has 178 valence electrons. The van der Waals surface area contributed by atoms with Gasteiger partial charge < -0.3 is 25.0 Å². The Morgan fingerprint density at radius 1 is 1.22 bits per heavy atom. The van der Waals surface area contributed by atoms with Crippen molar-refractivity contribution in [1.82, 2.24) is 20.4 Å². The van der Waals surface area contributed by atoms with Crippen molar-refractivity contribution >= 4 is 11.8 Å². The minimum atomic E-state index is -0.464. The number of amides is 2. The zero-order valence-corrected chi connectivity index (χ0v) is 19.5. The number of hydrogen-bond donors (Lipinski definition) is 2. The Hall–Kier alpha value is -2.16. The number of methoxy groups -OCH3 is 1. The summed E-state index contributed by atoms with van der Waals surface area (Å²) in [4.78, 5) is 29.8. The van der Waals surface area contributed by atoms with Gasteiger partial charge in [0.25, 0.3) is 0 Å². The molecule has 0 saturated carbocycles. The molecule has 0 aromatic heterocycles. The third-order valence-corrected chi connectivity index (χ3v) is 6.37. The van der Waals surface area contributed by atoms with Crippen LogP contribution in [0.25, 0.3) is 0 Å². The van der Waals surface area contributed by atoms with E-state index in [2.05, 4.69) is 20.4 Å². The number of rotatable bonds is 11. The molecule has 0 bridgehead atoms. The Morgan fingerprint density at radius 2 is 2.00 bits per heavy atom. The van der Waals surface area contributed by atoms with Crippen LogP contribution in [0.15, 0.2) is 24.3 Å². The van der Waals surface area contributed by atoms with Gasteiger partial charge in [-0.25, -0.2) is 0 Å². The number of piperidine rings is 1. The van der Waals surface area contributed by atoms with Gasteiger partial charge in [0.2, 0.25) is 11.8 Å². The lowest BCUT2D eigenvalue weighted by Crippen LogP contribution is -2.56. The topological polar surface area (TPSA) is 83.1 Å². The normalized spacial score (nSPS) is 20.7. The first-order valence-corrected chi connectivity index (χ1v) is 11.8. The van der Waals surface area contributed by atoms with Gasteiger partial charge in [0, 0.05) is 45.4 Å². The summed E-state index contributed by atoms with van der Waals surface area (Å²) < 4.78 is 10.9. The summed E-state index contributed by atoms with van der Waals surface area (Å²) in [6.45, 7) is 8.94. The monoisotopic (exact) mass is 446 g/mol. The molecule has 8 heteroatoms. The van der Waals surface area contributed by atoms with Crippen molar-refractivity contribution in [3.63, 3.8) is 0 Å². The van der Waals surface area contributed by atoms with E-state index in [1.165, 1.54) is 0 Å². The van der Waals surface area contributed by atoms with E-state index in [4.69, 9.17) is 9.47 Å². The number of benzene rings is 1. The zero-order valence-electron chi connectivity index (χ0n) is 19.5. The molecule has 2 heterocycles. The first kappa shape index (κ1) is 24.5. The fourth-order valence-corrected chi connectivity index (χ4v) is 4.46. The van der Waals surface area contributed by atoms with Crippen molar-refractivity contribution in [2.75, 3.05) is 59.6 Å². The molecule has 32 heavy (non-hydrogen) atoms. The van der Waals surface area contributed by atoms with Crippen molar-refractivity contribution in [2.45, 2.75) is 38.8 Å². The molecule has 0 spiro atoms. The van der Waals surface area contributed by atoms with Crippen LogP contribution in [0.1, 0.15) is 31.7 Å². The smallest absolute Gasteiger partial charge is 0.237 e. The summed E-state index contributed by atoms with van der Waals surface area (Å²) in [7, 11) is 1.73. The summed E-state index contributed by atoms with van der Waals surface area (Å²) >= 11 is 0. The first-order chi connectivity index (χ1) is 15.6. The highest BCUT2D eigenvalue weighted by molar-refractivity contribution is 5.88. The maximum absolute atomic E-state index is 12.7. The highest BCUT2D eigenvalue weighted by Crippen LogP contribution is 2.22. The summed E-state index contributed by atoms with van der Waals surface area (Å²) in [5, 5.41) is 5.99. The molecular formula is C24H38N4O4. The fourth-order valence-electron chi connectivity index (χ4n) is 4.46. The van der Waals surface area contributed by atoms with E-state index in [1.807, 2.05) is 31.2 Å². The SMILES string of the molecule is CCOc1ccccc1CN1CCNC(=O)C1CC(=O)NCC1CCN(CCOC)CC1.